The molecule has 120 valence electrons. The van der Waals surface area contributed by atoms with Gasteiger partial charge in [-0.1, -0.05) is 48.6 Å². The molecule has 5 N–H and O–H groups in total. The van der Waals surface area contributed by atoms with Crippen LogP contribution in [0.5, 0.6) is 0 Å². The fraction of sp³-hybridized carbons (Fsp3) is 0. The molecule has 0 atom stereocenters. The number of anilines is 2. The number of nitrogens with two attached hydrogens (primary N) is 2. The normalized spacial score (nSPS) is 10.3. The van der Waals surface area contributed by atoms with E-state index in [-0.39, 0.29) is 22.1 Å². The van der Waals surface area contributed by atoms with Crippen LogP contribution >= 0.6 is 12.2 Å². The number of thiocarbonyl (C=S) groups is 1. The van der Waals surface area contributed by atoms with Crippen LogP contribution in [0.4, 0.5) is 11.5 Å². The largest absolute Gasteiger partial charge is 0.389 e. The highest BCUT2D eigenvalue weighted by molar-refractivity contribution is 7.80. The number of nitrogen functional groups attached to an aromatic ring is 1. The Hall–Kier alpha value is -3.19. The van der Waals surface area contributed by atoms with E-state index in [9.17, 15) is 4.79 Å². The number of aromatic nitrogens is 2. The highest BCUT2D eigenvalue weighted by Crippen LogP contribution is 2.22. The minimum Gasteiger partial charge on any atom is -0.389 e. The Labute approximate surface area is 144 Å². The summed E-state index contributed by atoms with van der Waals surface area (Å²) in [6.07, 6.45) is 0. The molecule has 0 aliphatic rings. The van der Waals surface area contributed by atoms with Gasteiger partial charge in [0.1, 0.15) is 10.8 Å². The number of rotatable bonds is 4. The maximum atomic E-state index is 12.6. The zero-order chi connectivity index (χ0) is 17.1. The molecule has 3 aromatic rings. The summed E-state index contributed by atoms with van der Waals surface area (Å²) < 4.78 is 1.45. The highest BCUT2D eigenvalue weighted by Gasteiger charge is 2.24. The third-order valence-corrected chi connectivity index (χ3v) is 3.62. The molecular weight excluding hydrogens is 322 g/mol. The monoisotopic (exact) mass is 337 g/mol. The van der Waals surface area contributed by atoms with Crippen molar-refractivity contribution in [1.29, 1.82) is 0 Å². The fourth-order valence-corrected chi connectivity index (χ4v) is 2.51. The number of hydrogen-bond donors (Lipinski definition) is 3. The SMILES string of the molecule is NC(=S)c1c(C(=O)Nc2ccccc2)nn(-c2ccccc2)c1N. The fourth-order valence-electron chi connectivity index (χ4n) is 2.31. The van der Waals surface area contributed by atoms with Crippen molar-refractivity contribution in [3.63, 3.8) is 0 Å². The second kappa shape index (κ2) is 6.51. The first-order chi connectivity index (χ1) is 11.6. The molecular formula is C17H15N5OS. The van der Waals surface area contributed by atoms with E-state index in [0.29, 0.717) is 11.4 Å². The van der Waals surface area contributed by atoms with E-state index in [1.807, 2.05) is 48.5 Å². The van der Waals surface area contributed by atoms with E-state index in [0.717, 1.165) is 0 Å². The minimum atomic E-state index is -0.426. The predicted octanol–water partition coefficient (Wildman–Crippen LogP) is 2.34. The lowest BCUT2D eigenvalue weighted by Gasteiger charge is -2.04. The lowest BCUT2D eigenvalue weighted by Crippen LogP contribution is -2.19. The van der Waals surface area contributed by atoms with Crippen molar-refractivity contribution in [1.82, 2.24) is 9.78 Å². The Morgan fingerprint density at radius 3 is 2.21 bits per heavy atom. The number of carbonyl (C=O) groups excluding carboxylic acids is 1. The molecule has 0 radical (unpaired) electrons. The molecule has 24 heavy (non-hydrogen) atoms. The van der Waals surface area contributed by atoms with Gasteiger partial charge in [0.15, 0.2) is 5.69 Å². The quantitative estimate of drug-likeness (QED) is 0.635. The molecule has 0 spiro atoms. The summed E-state index contributed by atoms with van der Waals surface area (Å²) in [4.78, 5) is 12.6. The lowest BCUT2D eigenvalue weighted by molar-refractivity contribution is 0.102. The van der Waals surface area contributed by atoms with Gasteiger partial charge < -0.3 is 16.8 Å². The van der Waals surface area contributed by atoms with E-state index in [1.54, 1.807) is 12.1 Å². The van der Waals surface area contributed by atoms with E-state index in [1.165, 1.54) is 4.68 Å². The van der Waals surface area contributed by atoms with Crippen LogP contribution in [0.1, 0.15) is 16.1 Å². The molecule has 1 amide bonds. The van der Waals surface area contributed by atoms with Gasteiger partial charge in [0.25, 0.3) is 5.91 Å². The number of nitrogens with zero attached hydrogens (tertiary/aromatic N) is 2. The highest BCUT2D eigenvalue weighted by atomic mass is 32.1. The van der Waals surface area contributed by atoms with Gasteiger partial charge in [0, 0.05) is 5.69 Å². The molecule has 0 aliphatic heterocycles. The molecule has 2 aromatic carbocycles. The molecule has 1 aromatic heterocycles. The van der Waals surface area contributed by atoms with Crippen molar-refractivity contribution in [3.05, 3.63) is 71.9 Å². The van der Waals surface area contributed by atoms with Crippen molar-refractivity contribution in [2.45, 2.75) is 0 Å². The molecule has 0 saturated carbocycles. The van der Waals surface area contributed by atoms with Gasteiger partial charge in [-0.15, -0.1) is 0 Å². The Balaban J connectivity index is 2.04. The van der Waals surface area contributed by atoms with E-state index in [4.69, 9.17) is 23.7 Å². The molecule has 1 heterocycles. The number of carbonyl (C=O) groups is 1. The number of amides is 1. The van der Waals surface area contributed by atoms with Gasteiger partial charge in [-0.25, -0.2) is 4.68 Å². The van der Waals surface area contributed by atoms with Crippen molar-refractivity contribution in [3.8, 4) is 5.69 Å². The van der Waals surface area contributed by atoms with Crippen molar-refractivity contribution < 1.29 is 4.79 Å². The summed E-state index contributed by atoms with van der Waals surface area (Å²) in [5, 5.41) is 7.07. The molecule has 0 saturated heterocycles. The maximum absolute atomic E-state index is 12.6. The molecule has 0 fully saturated rings. The Kier molecular flexibility index (Phi) is 4.26. The van der Waals surface area contributed by atoms with Crippen LogP contribution in [0.25, 0.3) is 5.69 Å². The summed E-state index contributed by atoms with van der Waals surface area (Å²) >= 11 is 5.05. The van der Waals surface area contributed by atoms with Crippen LogP contribution < -0.4 is 16.8 Å². The third kappa shape index (κ3) is 2.97. The van der Waals surface area contributed by atoms with E-state index < -0.39 is 5.91 Å². The summed E-state index contributed by atoms with van der Waals surface area (Å²) in [7, 11) is 0. The topological polar surface area (TPSA) is 99.0 Å². The number of benzene rings is 2. The van der Waals surface area contributed by atoms with Crippen LogP contribution in [0.3, 0.4) is 0 Å². The maximum Gasteiger partial charge on any atom is 0.277 e. The number of nitrogens with one attached hydrogen (secondary N) is 1. The van der Waals surface area contributed by atoms with Crippen molar-refractivity contribution in [2.24, 2.45) is 5.73 Å². The number of hydrogen-bond acceptors (Lipinski definition) is 4. The molecule has 0 aliphatic carbocycles. The minimum absolute atomic E-state index is 0.0212. The Bertz CT molecular complexity index is 890. The molecule has 0 unspecified atom stereocenters. The van der Waals surface area contributed by atoms with E-state index >= 15 is 0 Å². The lowest BCUT2D eigenvalue weighted by atomic mass is 10.2. The molecule has 6 nitrogen and oxygen atoms in total. The van der Waals surface area contributed by atoms with E-state index in [2.05, 4.69) is 10.4 Å². The second-order valence-corrected chi connectivity index (χ2v) is 5.48. The van der Waals surface area contributed by atoms with Crippen LogP contribution in [-0.2, 0) is 0 Å². The summed E-state index contributed by atoms with van der Waals surface area (Å²) in [6, 6.07) is 18.3. The van der Waals surface area contributed by atoms with Gasteiger partial charge in [0.05, 0.1) is 11.3 Å². The van der Waals surface area contributed by atoms with Crippen LogP contribution in [0.2, 0.25) is 0 Å². The third-order valence-electron chi connectivity index (χ3n) is 3.42. The first kappa shape index (κ1) is 15.7. The summed E-state index contributed by atoms with van der Waals surface area (Å²) in [5.41, 5.74) is 13.6. The molecule has 3 rings (SSSR count). The zero-order valence-electron chi connectivity index (χ0n) is 12.6. The smallest absolute Gasteiger partial charge is 0.277 e. The summed E-state index contributed by atoms with van der Waals surface area (Å²) in [5.74, 6) is -0.197. The van der Waals surface area contributed by atoms with Gasteiger partial charge in [-0.05, 0) is 24.3 Å². The van der Waals surface area contributed by atoms with Crippen molar-refractivity contribution in [2.75, 3.05) is 11.1 Å². The second-order valence-electron chi connectivity index (χ2n) is 5.04. The average molecular weight is 337 g/mol. The molecule has 0 bridgehead atoms. The summed E-state index contributed by atoms with van der Waals surface area (Å²) in [6.45, 7) is 0. The van der Waals surface area contributed by atoms with Gasteiger partial charge >= 0.3 is 0 Å². The van der Waals surface area contributed by atoms with Crippen LogP contribution in [0, 0.1) is 0 Å². The van der Waals surface area contributed by atoms with Gasteiger partial charge in [-0.2, -0.15) is 5.10 Å². The Morgan fingerprint density at radius 1 is 1.04 bits per heavy atom. The van der Waals surface area contributed by atoms with Crippen LogP contribution in [-0.4, -0.2) is 20.7 Å². The standard InChI is InChI=1S/C17H15N5OS/c18-15-13(16(19)24)14(17(23)20-11-7-3-1-4-8-11)21-22(15)12-9-5-2-6-10-12/h1-10H,18H2,(H2,19,24)(H,20,23). The number of para-hydroxylation sites is 2. The first-order valence-electron chi connectivity index (χ1n) is 7.18. The van der Waals surface area contributed by atoms with Crippen molar-refractivity contribution >= 4 is 34.6 Å². The van der Waals surface area contributed by atoms with Crippen LogP contribution in [0.15, 0.2) is 60.7 Å². The van der Waals surface area contributed by atoms with Gasteiger partial charge in [0.2, 0.25) is 0 Å². The predicted molar refractivity (Wildman–Crippen MR) is 98.3 cm³/mol. The average Bonchev–Trinajstić information content (AvgIpc) is 2.94. The molecule has 7 heteroatoms. The zero-order valence-corrected chi connectivity index (χ0v) is 13.5. The Morgan fingerprint density at radius 2 is 1.62 bits per heavy atom. The van der Waals surface area contributed by atoms with Gasteiger partial charge in [-0.3, -0.25) is 4.79 Å². The first-order valence-corrected chi connectivity index (χ1v) is 7.59.